The van der Waals surface area contributed by atoms with E-state index in [0.717, 1.165) is 10.9 Å². The number of pyridine rings is 1. The van der Waals surface area contributed by atoms with Gasteiger partial charge in [0, 0.05) is 31.4 Å². The number of nitrogens with one attached hydrogen (secondary N) is 2. The molecule has 0 fully saturated rings. The summed E-state index contributed by atoms with van der Waals surface area (Å²) in [4.78, 5) is 36.5. The van der Waals surface area contributed by atoms with Crippen molar-refractivity contribution in [3.8, 4) is 11.6 Å². The number of aryl methyl sites for hydroxylation is 2. The Hall–Kier alpha value is -4.34. The molecule has 32 heavy (non-hydrogen) atoms. The molecule has 0 bridgehead atoms. The van der Waals surface area contributed by atoms with Crippen molar-refractivity contribution in [1.82, 2.24) is 24.7 Å². The minimum Gasteiger partial charge on any atom is -0.437 e. The van der Waals surface area contributed by atoms with E-state index in [1.165, 1.54) is 19.3 Å². The lowest BCUT2D eigenvalue weighted by atomic mass is 10.1. The molecule has 0 aliphatic heterocycles. The fraction of sp³-hybridized carbons (Fsp3) is 0.182. The molecular formula is C22H21N7O3. The molecule has 1 aromatic carbocycles. The molecule has 3 aromatic heterocycles. The average Bonchev–Trinajstić information content (AvgIpc) is 3.20. The molecule has 0 aliphatic carbocycles. The van der Waals surface area contributed by atoms with Gasteiger partial charge >= 0.3 is 0 Å². The molecule has 2 N–H and O–H groups in total. The van der Waals surface area contributed by atoms with E-state index in [1.54, 1.807) is 29.1 Å². The summed E-state index contributed by atoms with van der Waals surface area (Å²) in [6.07, 6.45) is 6.31. The molecule has 3 heterocycles. The molecule has 0 unspecified atom stereocenters. The van der Waals surface area contributed by atoms with Crippen LogP contribution in [0.4, 0.5) is 11.6 Å². The third kappa shape index (κ3) is 4.69. The number of hydrogen-bond donors (Lipinski definition) is 2. The van der Waals surface area contributed by atoms with Crippen LogP contribution in [0.2, 0.25) is 0 Å². The highest BCUT2D eigenvalue weighted by molar-refractivity contribution is 6.06. The zero-order valence-corrected chi connectivity index (χ0v) is 17.8. The number of carbonyl (C=O) groups excluding carboxylic acids is 2. The highest BCUT2D eigenvalue weighted by Gasteiger charge is 2.16. The largest absolute Gasteiger partial charge is 0.437 e. The molecule has 10 heteroatoms. The van der Waals surface area contributed by atoms with Crippen LogP contribution in [-0.4, -0.2) is 36.5 Å². The molecule has 4 rings (SSSR count). The minimum absolute atomic E-state index is 0.211. The van der Waals surface area contributed by atoms with Gasteiger partial charge in [-0.25, -0.2) is 15.0 Å². The van der Waals surface area contributed by atoms with E-state index < -0.39 is 0 Å². The van der Waals surface area contributed by atoms with Gasteiger partial charge < -0.3 is 15.4 Å². The van der Waals surface area contributed by atoms with Crippen LogP contribution in [0.25, 0.3) is 10.9 Å². The highest BCUT2D eigenvalue weighted by atomic mass is 16.5. The lowest BCUT2D eigenvalue weighted by Crippen LogP contribution is -2.13. The molecule has 10 nitrogen and oxygen atoms in total. The summed E-state index contributed by atoms with van der Waals surface area (Å²) in [5.41, 5.74) is 1.96. The van der Waals surface area contributed by atoms with Crippen molar-refractivity contribution in [1.29, 1.82) is 0 Å². The Morgan fingerprint density at radius 2 is 1.84 bits per heavy atom. The van der Waals surface area contributed by atoms with Crippen LogP contribution in [0.3, 0.4) is 0 Å². The fourth-order valence-corrected chi connectivity index (χ4v) is 2.97. The number of rotatable bonds is 6. The van der Waals surface area contributed by atoms with Crippen LogP contribution < -0.4 is 15.4 Å². The van der Waals surface area contributed by atoms with E-state index in [4.69, 9.17) is 4.74 Å². The third-order valence-corrected chi connectivity index (χ3v) is 4.52. The van der Waals surface area contributed by atoms with E-state index in [2.05, 4.69) is 30.7 Å². The Morgan fingerprint density at radius 1 is 1.03 bits per heavy atom. The van der Waals surface area contributed by atoms with E-state index >= 15 is 0 Å². The van der Waals surface area contributed by atoms with Crippen LogP contribution in [0.15, 0.2) is 49.1 Å². The number of hydrogen-bond acceptors (Lipinski definition) is 7. The normalized spacial score (nSPS) is 10.7. The van der Waals surface area contributed by atoms with Gasteiger partial charge in [0.15, 0.2) is 5.82 Å². The SMILES string of the molecule is CCn1cc2c(Oc3cnc(NC(C)=O)cn3)cc(C(=O)Nc3ccc(C)cn3)cc2n1. The van der Waals surface area contributed by atoms with Crippen molar-refractivity contribution in [2.75, 3.05) is 10.6 Å². The summed E-state index contributed by atoms with van der Waals surface area (Å²) in [5, 5.41) is 10.6. The van der Waals surface area contributed by atoms with Gasteiger partial charge in [-0.05, 0) is 37.6 Å². The van der Waals surface area contributed by atoms with Gasteiger partial charge in [0.2, 0.25) is 11.8 Å². The van der Waals surface area contributed by atoms with Gasteiger partial charge in [-0.1, -0.05) is 6.07 Å². The summed E-state index contributed by atoms with van der Waals surface area (Å²) >= 11 is 0. The zero-order chi connectivity index (χ0) is 22.7. The number of fused-ring (bicyclic) bond motifs is 1. The Bertz CT molecular complexity index is 1280. The van der Waals surface area contributed by atoms with Gasteiger partial charge in [0.25, 0.3) is 5.91 Å². The molecular weight excluding hydrogens is 410 g/mol. The maximum absolute atomic E-state index is 12.9. The van der Waals surface area contributed by atoms with Crippen LogP contribution in [-0.2, 0) is 11.3 Å². The van der Waals surface area contributed by atoms with Crippen LogP contribution in [0.1, 0.15) is 29.8 Å². The lowest BCUT2D eigenvalue weighted by Gasteiger charge is -2.09. The van der Waals surface area contributed by atoms with E-state index in [9.17, 15) is 9.59 Å². The average molecular weight is 431 g/mol. The fourth-order valence-electron chi connectivity index (χ4n) is 2.97. The van der Waals surface area contributed by atoms with E-state index in [-0.39, 0.29) is 17.7 Å². The first kappa shape index (κ1) is 20.9. The number of benzene rings is 1. The van der Waals surface area contributed by atoms with Crippen molar-refractivity contribution in [2.24, 2.45) is 0 Å². The van der Waals surface area contributed by atoms with Gasteiger partial charge in [0.1, 0.15) is 11.6 Å². The number of anilines is 2. The van der Waals surface area contributed by atoms with E-state index in [0.29, 0.717) is 35.0 Å². The minimum atomic E-state index is -0.341. The number of ether oxygens (including phenoxy) is 1. The van der Waals surface area contributed by atoms with Crippen molar-refractivity contribution >= 4 is 34.4 Å². The van der Waals surface area contributed by atoms with Gasteiger partial charge in [0.05, 0.1) is 23.3 Å². The molecule has 2 amide bonds. The quantitative estimate of drug-likeness (QED) is 0.478. The van der Waals surface area contributed by atoms with Crippen LogP contribution >= 0.6 is 0 Å². The second-order valence-electron chi connectivity index (χ2n) is 7.09. The first-order valence-electron chi connectivity index (χ1n) is 9.94. The molecule has 0 radical (unpaired) electrons. The Labute approximate surface area is 183 Å². The van der Waals surface area contributed by atoms with Crippen molar-refractivity contribution < 1.29 is 14.3 Å². The monoisotopic (exact) mass is 431 g/mol. The lowest BCUT2D eigenvalue weighted by molar-refractivity contribution is -0.114. The molecule has 0 saturated heterocycles. The van der Waals surface area contributed by atoms with Crippen LogP contribution in [0, 0.1) is 6.92 Å². The summed E-state index contributed by atoms with van der Waals surface area (Å²) in [5.74, 6) is 0.789. The molecule has 162 valence electrons. The maximum Gasteiger partial charge on any atom is 0.257 e. The second kappa shape index (κ2) is 8.80. The summed E-state index contributed by atoms with van der Waals surface area (Å²) in [6, 6.07) is 6.92. The number of nitrogens with zero attached hydrogens (tertiary/aromatic N) is 5. The van der Waals surface area contributed by atoms with Crippen LogP contribution in [0.5, 0.6) is 11.6 Å². The maximum atomic E-state index is 12.9. The highest BCUT2D eigenvalue weighted by Crippen LogP contribution is 2.31. The predicted molar refractivity (Wildman–Crippen MR) is 119 cm³/mol. The number of carbonyl (C=O) groups is 2. The summed E-state index contributed by atoms with van der Waals surface area (Å²) in [7, 11) is 0. The number of amides is 2. The molecule has 0 spiro atoms. The first-order valence-corrected chi connectivity index (χ1v) is 9.94. The van der Waals surface area contributed by atoms with Crippen molar-refractivity contribution in [3.05, 3.63) is 60.2 Å². The van der Waals surface area contributed by atoms with Crippen molar-refractivity contribution in [3.63, 3.8) is 0 Å². The Morgan fingerprint density at radius 3 is 2.50 bits per heavy atom. The molecule has 0 atom stereocenters. The van der Waals surface area contributed by atoms with Gasteiger partial charge in [-0.3, -0.25) is 14.3 Å². The van der Waals surface area contributed by atoms with Gasteiger partial charge in [-0.15, -0.1) is 0 Å². The van der Waals surface area contributed by atoms with Gasteiger partial charge in [-0.2, -0.15) is 5.10 Å². The third-order valence-electron chi connectivity index (χ3n) is 4.52. The van der Waals surface area contributed by atoms with E-state index in [1.807, 2.05) is 26.1 Å². The Balaban J connectivity index is 1.65. The summed E-state index contributed by atoms with van der Waals surface area (Å²) in [6.45, 7) is 5.94. The zero-order valence-electron chi connectivity index (χ0n) is 17.8. The predicted octanol–water partition coefficient (Wildman–Crippen LogP) is 3.55. The van der Waals surface area contributed by atoms with Crippen molar-refractivity contribution in [2.45, 2.75) is 27.3 Å². The standard InChI is InChI=1S/C22H21N7O3/c1-4-29-12-16-17(28-29)7-15(22(31)27-19-6-5-13(2)9-23-19)8-18(16)32-21-11-24-20(10-25-21)26-14(3)30/h5-12H,4H2,1-3H3,(H,23,27,31)(H,24,26,30). The first-order chi connectivity index (χ1) is 15.4. The molecule has 0 saturated carbocycles. The Kier molecular flexibility index (Phi) is 5.75. The molecule has 0 aliphatic rings. The number of aromatic nitrogens is 5. The smallest absolute Gasteiger partial charge is 0.257 e. The second-order valence-corrected chi connectivity index (χ2v) is 7.09. The topological polar surface area (TPSA) is 124 Å². The summed E-state index contributed by atoms with van der Waals surface area (Å²) < 4.78 is 7.69. The molecule has 4 aromatic rings.